The van der Waals surface area contributed by atoms with Crippen molar-refractivity contribution in [1.29, 1.82) is 10.5 Å². The van der Waals surface area contributed by atoms with E-state index >= 15 is 0 Å². The molecule has 0 atom stereocenters. The third-order valence-electron chi connectivity index (χ3n) is 5.60. The summed E-state index contributed by atoms with van der Waals surface area (Å²) in [5.74, 6) is -0.592. The van der Waals surface area contributed by atoms with E-state index in [1.807, 2.05) is 24.3 Å². The molecule has 1 aromatic carbocycles. The first-order valence-corrected chi connectivity index (χ1v) is 11.1. The van der Waals surface area contributed by atoms with Crippen LogP contribution in [0.2, 0.25) is 0 Å². The number of piperidine rings is 1. The molecule has 1 amide bonds. The van der Waals surface area contributed by atoms with Crippen LogP contribution in [0.5, 0.6) is 0 Å². The van der Waals surface area contributed by atoms with Gasteiger partial charge in [0.2, 0.25) is 15.9 Å². The van der Waals surface area contributed by atoms with Crippen LogP contribution in [-0.2, 0) is 27.7 Å². The second kappa shape index (κ2) is 8.72. The molecule has 7 nitrogen and oxygen atoms in total. The SMILES string of the molecule is N#CCN(CC#N)C(=O)C1CCN(S(=O)(=O)c2ccc3c(c2)CCCC3)CC1. The van der Waals surface area contributed by atoms with Gasteiger partial charge >= 0.3 is 0 Å². The van der Waals surface area contributed by atoms with E-state index in [0.29, 0.717) is 17.7 Å². The van der Waals surface area contributed by atoms with Crippen LogP contribution in [-0.4, -0.2) is 49.7 Å². The number of hydrogen-bond donors (Lipinski definition) is 0. The van der Waals surface area contributed by atoms with Crippen molar-refractivity contribution in [1.82, 2.24) is 9.21 Å². The molecule has 2 aliphatic rings. The summed E-state index contributed by atoms with van der Waals surface area (Å²) in [7, 11) is -3.58. The van der Waals surface area contributed by atoms with E-state index in [4.69, 9.17) is 10.5 Å². The Bertz CT molecular complexity index is 906. The van der Waals surface area contributed by atoms with Crippen molar-refractivity contribution >= 4 is 15.9 Å². The molecule has 0 spiro atoms. The molecule has 0 N–H and O–H groups in total. The van der Waals surface area contributed by atoms with Crippen LogP contribution in [0.3, 0.4) is 0 Å². The maximum Gasteiger partial charge on any atom is 0.243 e. The number of rotatable bonds is 5. The Labute approximate surface area is 166 Å². The fourth-order valence-electron chi connectivity index (χ4n) is 4.00. The second-order valence-electron chi connectivity index (χ2n) is 7.33. The molecule has 3 rings (SSSR count). The minimum atomic E-state index is -3.58. The molecular weight excluding hydrogens is 376 g/mol. The molecule has 1 heterocycles. The molecule has 0 aromatic heterocycles. The Morgan fingerprint density at radius 3 is 2.29 bits per heavy atom. The third-order valence-corrected chi connectivity index (χ3v) is 7.49. The standard InChI is InChI=1S/C20H24N4O3S/c21-9-13-23(14-10-22)20(25)17-7-11-24(12-8-17)28(26,27)19-6-5-16-3-1-2-4-18(16)15-19/h5-6,15,17H,1-4,7-8,11-14H2. The van der Waals surface area contributed by atoms with Crippen LogP contribution in [0.4, 0.5) is 0 Å². The van der Waals surface area contributed by atoms with Crippen molar-refractivity contribution in [2.24, 2.45) is 5.92 Å². The third kappa shape index (κ3) is 4.19. The van der Waals surface area contributed by atoms with E-state index < -0.39 is 10.0 Å². The quantitative estimate of drug-likeness (QED) is 0.701. The monoisotopic (exact) mass is 400 g/mol. The number of nitriles is 2. The molecule has 1 fully saturated rings. The average Bonchev–Trinajstić information content (AvgIpc) is 2.73. The van der Waals surface area contributed by atoms with Gasteiger partial charge < -0.3 is 4.90 Å². The van der Waals surface area contributed by atoms with Gasteiger partial charge in [-0.15, -0.1) is 0 Å². The maximum atomic E-state index is 13.0. The highest BCUT2D eigenvalue weighted by Crippen LogP contribution is 2.28. The van der Waals surface area contributed by atoms with E-state index in [2.05, 4.69) is 0 Å². The highest BCUT2D eigenvalue weighted by molar-refractivity contribution is 7.89. The Hall–Kier alpha value is -2.42. The van der Waals surface area contributed by atoms with Crippen LogP contribution in [0.15, 0.2) is 23.1 Å². The van der Waals surface area contributed by atoms with Gasteiger partial charge in [-0.05, 0) is 61.8 Å². The lowest BCUT2D eigenvalue weighted by atomic mass is 9.92. The summed E-state index contributed by atoms with van der Waals surface area (Å²) < 4.78 is 27.5. The topological polar surface area (TPSA) is 105 Å². The summed E-state index contributed by atoms with van der Waals surface area (Å²) in [6, 6.07) is 9.23. The van der Waals surface area contributed by atoms with Crippen molar-refractivity contribution in [2.45, 2.75) is 43.4 Å². The van der Waals surface area contributed by atoms with Crippen molar-refractivity contribution in [3.05, 3.63) is 29.3 Å². The van der Waals surface area contributed by atoms with Gasteiger partial charge in [-0.25, -0.2) is 8.42 Å². The van der Waals surface area contributed by atoms with E-state index in [-0.39, 0.29) is 38.0 Å². The Morgan fingerprint density at radius 1 is 1.07 bits per heavy atom. The van der Waals surface area contributed by atoms with Gasteiger partial charge in [-0.1, -0.05) is 6.07 Å². The highest BCUT2D eigenvalue weighted by atomic mass is 32.2. The zero-order chi connectivity index (χ0) is 20.1. The maximum absolute atomic E-state index is 13.0. The number of hydrogen-bond acceptors (Lipinski definition) is 5. The summed E-state index contributed by atoms with van der Waals surface area (Å²) in [5.41, 5.74) is 2.37. The average molecular weight is 401 g/mol. The van der Waals surface area contributed by atoms with Gasteiger partial charge in [0, 0.05) is 19.0 Å². The molecule has 8 heteroatoms. The number of benzene rings is 1. The minimum Gasteiger partial charge on any atom is -0.316 e. The summed E-state index contributed by atoms with van der Waals surface area (Å²) in [4.78, 5) is 14.1. The lowest BCUT2D eigenvalue weighted by molar-refractivity contribution is -0.135. The fraction of sp³-hybridized carbons (Fsp3) is 0.550. The molecule has 28 heavy (non-hydrogen) atoms. The Morgan fingerprint density at radius 2 is 1.68 bits per heavy atom. The molecule has 1 aliphatic carbocycles. The zero-order valence-corrected chi connectivity index (χ0v) is 16.6. The van der Waals surface area contributed by atoms with E-state index in [1.54, 1.807) is 6.07 Å². The van der Waals surface area contributed by atoms with Crippen LogP contribution >= 0.6 is 0 Å². The summed E-state index contributed by atoms with van der Waals surface area (Å²) in [6.07, 6.45) is 4.96. The fourth-order valence-corrected chi connectivity index (χ4v) is 5.52. The van der Waals surface area contributed by atoms with Gasteiger partial charge in [0.15, 0.2) is 0 Å². The van der Waals surface area contributed by atoms with Crippen LogP contribution < -0.4 is 0 Å². The van der Waals surface area contributed by atoms with Gasteiger partial charge in [0.25, 0.3) is 0 Å². The second-order valence-corrected chi connectivity index (χ2v) is 9.26. The molecule has 0 radical (unpaired) electrons. The van der Waals surface area contributed by atoms with Gasteiger partial charge in [0.1, 0.15) is 13.1 Å². The lowest BCUT2D eigenvalue weighted by Crippen LogP contribution is -2.44. The van der Waals surface area contributed by atoms with Crippen molar-refractivity contribution < 1.29 is 13.2 Å². The van der Waals surface area contributed by atoms with Gasteiger partial charge in [0.05, 0.1) is 17.0 Å². The number of carbonyl (C=O) groups is 1. The highest BCUT2D eigenvalue weighted by Gasteiger charge is 2.34. The van der Waals surface area contributed by atoms with E-state index in [0.717, 1.165) is 31.2 Å². The zero-order valence-electron chi connectivity index (χ0n) is 15.8. The molecule has 0 bridgehead atoms. The molecule has 1 aliphatic heterocycles. The number of aryl methyl sites for hydroxylation is 2. The normalized spacial score (nSPS) is 17.9. The summed E-state index contributed by atoms with van der Waals surface area (Å²) >= 11 is 0. The Kier molecular flexibility index (Phi) is 6.33. The summed E-state index contributed by atoms with van der Waals surface area (Å²) in [5, 5.41) is 17.7. The largest absolute Gasteiger partial charge is 0.316 e. The number of nitrogens with zero attached hydrogens (tertiary/aromatic N) is 4. The molecule has 148 valence electrons. The van der Waals surface area contributed by atoms with Crippen molar-refractivity contribution in [3.8, 4) is 12.1 Å². The predicted molar refractivity (Wildman–Crippen MR) is 102 cm³/mol. The molecule has 1 saturated heterocycles. The number of carbonyl (C=O) groups excluding carboxylic acids is 1. The summed E-state index contributed by atoms with van der Waals surface area (Å²) in [6.45, 7) is 0.283. The number of sulfonamides is 1. The molecule has 1 aromatic rings. The van der Waals surface area contributed by atoms with Crippen LogP contribution in [0.1, 0.15) is 36.8 Å². The lowest BCUT2D eigenvalue weighted by Gasteiger charge is -2.32. The first-order chi connectivity index (χ1) is 13.5. The first kappa shape index (κ1) is 20.3. The predicted octanol–water partition coefficient (Wildman–Crippen LogP) is 1.84. The van der Waals surface area contributed by atoms with E-state index in [9.17, 15) is 13.2 Å². The van der Waals surface area contributed by atoms with Crippen LogP contribution in [0.25, 0.3) is 0 Å². The number of fused-ring (bicyclic) bond motifs is 1. The van der Waals surface area contributed by atoms with Crippen LogP contribution in [0, 0.1) is 28.6 Å². The van der Waals surface area contributed by atoms with Gasteiger partial charge in [-0.3, -0.25) is 4.79 Å². The van der Waals surface area contributed by atoms with Crippen molar-refractivity contribution in [2.75, 3.05) is 26.2 Å². The Balaban J connectivity index is 1.68. The van der Waals surface area contributed by atoms with Gasteiger partial charge in [-0.2, -0.15) is 14.8 Å². The first-order valence-electron chi connectivity index (χ1n) is 9.62. The molecule has 0 saturated carbocycles. The molecule has 0 unspecified atom stereocenters. The number of amides is 1. The van der Waals surface area contributed by atoms with E-state index in [1.165, 1.54) is 14.8 Å². The smallest absolute Gasteiger partial charge is 0.243 e. The minimum absolute atomic E-state index is 0.125. The van der Waals surface area contributed by atoms with Crippen molar-refractivity contribution in [3.63, 3.8) is 0 Å². The molecular formula is C20H24N4O3S.